The summed E-state index contributed by atoms with van der Waals surface area (Å²) in [7, 11) is 2.17. The molecule has 0 aromatic carbocycles. The van der Waals surface area contributed by atoms with Gasteiger partial charge in [-0.2, -0.15) is 0 Å². The third-order valence-electron chi connectivity index (χ3n) is 3.44. The number of rotatable bonds is 1. The molecule has 1 spiro atoms. The molecule has 3 heteroatoms. The molecule has 2 aliphatic rings. The van der Waals surface area contributed by atoms with E-state index in [0.29, 0.717) is 5.92 Å². The lowest BCUT2D eigenvalue weighted by molar-refractivity contribution is -0.0866. The second-order valence-electron chi connectivity index (χ2n) is 4.61. The quantitative estimate of drug-likeness (QED) is 0.643. The van der Waals surface area contributed by atoms with E-state index in [2.05, 4.69) is 11.9 Å². The molecule has 0 amide bonds. The summed E-state index contributed by atoms with van der Waals surface area (Å²) in [4.78, 5) is 2.36. The summed E-state index contributed by atoms with van der Waals surface area (Å²) in [5, 5.41) is 0. The highest BCUT2D eigenvalue weighted by molar-refractivity contribution is 4.94. The summed E-state index contributed by atoms with van der Waals surface area (Å²) >= 11 is 0. The second-order valence-corrected chi connectivity index (χ2v) is 4.61. The lowest BCUT2D eigenvalue weighted by Gasteiger charge is -2.37. The van der Waals surface area contributed by atoms with Crippen LogP contribution in [-0.2, 0) is 4.74 Å². The summed E-state index contributed by atoms with van der Waals surface area (Å²) in [5.74, 6) is 0.695. The standard InChI is InChI=1S/C10H20N2O/c1-12-4-3-10(8-12)6-9(7-11)2-5-13-10/h9H,2-8,11H2,1H3. The summed E-state index contributed by atoms with van der Waals surface area (Å²) < 4.78 is 5.93. The zero-order chi connectivity index (χ0) is 9.31. The van der Waals surface area contributed by atoms with Crippen LogP contribution in [0.25, 0.3) is 0 Å². The Kier molecular flexibility index (Phi) is 2.58. The first kappa shape index (κ1) is 9.44. The first-order chi connectivity index (χ1) is 6.24. The van der Waals surface area contributed by atoms with Crippen molar-refractivity contribution in [3.05, 3.63) is 0 Å². The predicted molar refractivity (Wildman–Crippen MR) is 52.6 cm³/mol. The molecule has 2 aliphatic heterocycles. The largest absolute Gasteiger partial charge is 0.374 e. The molecule has 0 bridgehead atoms. The highest BCUT2D eigenvalue weighted by Gasteiger charge is 2.41. The van der Waals surface area contributed by atoms with Crippen molar-refractivity contribution in [2.75, 3.05) is 33.3 Å². The second kappa shape index (κ2) is 3.56. The summed E-state index contributed by atoms with van der Waals surface area (Å²) in [6.45, 7) is 4.02. The molecule has 2 rings (SSSR count). The van der Waals surface area contributed by atoms with Gasteiger partial charge in [-0.1, -0.05) is 0 Å². The minimum Gasteiger partial charge on any atom is -0.374 e. The lowest BCUT2D eigenvalue weighted by atomic mass is 9.85. The van der Waals surface area contributed by atoms with Crippen molar-refractivity contribution in [2.45, 2.75) is 24.9 Å². The van der Waals surface area contributed by atoms with E-state index in [1.165, 1.54) is 19.4 Å². The van der Waals surface area contributed by atoms with Gasteiger partial charge in [-0.25, -0.2) is 0 Å². The maximum atomic E-state index is 5.93. The van der Waals surface area contributed by atoms with Gasteiger partial charge in [0.15, 0.2) is 0 Å². The topological polar surface area (TPSA) is 38.5 Å². The van der Waals surface area contributed by atoms with Crippen molar-refractivity contribution in [1.29, 1.82) is 0 Å². The number of likely N-dealkylation sites (tertiary alicyclic amines) is 1. The molecular formula is C10H20N2O. The molecule has 2 fully saturated rings. The van der Waals surface area contributed by atoms with E-state index in [-0.39, 0.29) is 5.60 Å². The van der Waals surface area contributed by atoms with Gasteiger partial charge in [-0.15, -0.1) is 0 Å². The number of hydrogen-bond acceptors (Lipinski definition) is 3. The molecule has 2 atom stereocenters. The first-order valence-electron chi connectivity index (χ1n) is 5.27. The summed E-state index contributed by atoms with van der Waals surface area (Å²) in [6.07, 6.45) is 3.52. The molecule has 0 aliphatic carbocycles. The molecule has 0 aromatic heterocycles. The number of nitrogens with zero attached hydrogens (tertiary/aromatic N) is 1. The number of nitrogens with two attached hydrogens (primary N) is 1. The molecule has 0 radical (unpaired) electrons. The fourth-order valence-corrected chi connectivity index (χ4v) is 2.66. The van der Waals surface area contributed by atoms with Crippen LogP contribution < -0.4 is 5.73 Å². The van der Waals surface area contributed by atoms with Crippen LogP contribution in [0.2, 0.25) is 0 Å². The van der Waals surface area contributed by atoms with Gasteiger partial charge in [0.05, 0.1) is 5.60 Å². The molecule has 2 saturated heterocycles. The molecule has 2 heterocycles. The third-order valence-corrected chi connectivity index (χ3v) is 3.44. The minimum absolute atomic E-state index is 0.164. The number of ether oxygens (including phenoxy) is 1. The van der Waals surface area contributed by atoms with Crippen molar-refractivity contribution in [3.63, 3.8) is 0 Å². The molecule has 0 saturated carbocycles. The van der Waals surface area contributed by atoms with Crippen LogP contribution in [0.4, 0.5) is 0 Å². The van der Waals surface area contributed by atoms with Crippen molar-refractivity contribution >= 4 is 0 Å². The number of hydrogen-bond donors (Lipinski definition) is 1. The van der Waals surface area contributed by atoms with E-state index < -0.39 is 0 Å². The summed E-state index contributed by atoms with van der Waals surface area (Å²) in [5.41, 5.74) is 5.88. The van der Waals surface area contributed by atoms with Gasteiger partial charge in [0, 0.05) is 19.7 Å². The Labute approximate surface area is 80.2 Å². The fourth-order valence-electron chi connectivity index (χ4n) is 2.66. The zero-order valence-electron chi connectivity index (χ0n) is 8.46. The molecular weight excluding hydrogens is 164 g/mol. The van der Waals surface area contributed by atoms with Crippen LogP contribution in [0.1, 0.15) is 19.3 Å². The van der Waals surface area contributed by atoms with Gasteiger partial charge in [-0.05, 0) is 38.8 Å². The summed E-state index contributed by atoms with van der Waals surface area (Å²) in [6, 6.07) is 0. The smallest absolute Gasteiger partial charge is 0.0823 e. The van der Waals surface area contributed by atoms with Crippen LogP contribution >= 0.6 is 0 Å². The first-order valence-corrected chi connectivity index (χ1v) is 5.27. The Morgan fingerprint density at radius 2 is 2.46 bits per heavy atom. The normalized spacial score (nSPS) is 41.5. The molecule has 13 heavy (non-hydrogen) atoms. The molecule has 2 N–H and O–H groups in total. The average Bonchev–Trinajstić information content (AvgIpc) is 2.47. The van der Waals surface area contributed by atoms with E-state index in [0.717, 1.165) is 26.1 Å². The minimum atomic E-state index is 0.164. The van der Waals surface area contributed by atoms with E-state index in [1.807, 2.05) is 0 Å². The van der Waals surface area contributed by atoms with Crippen LogP contribution in [0, 0.1) is 5.92 Å². The Hall–Kier alpha value is -0.120. The van der Waals surface area contributed by atoms with E-state index in [1.54, 1.807) is 0 Å². The van der Waals surface area contributed by atoms with Gasteiger partial charge < -0.3 is 15.4 Å². The maximum Gasteiger partial charge on any atom is 0.0823 e. The van der Waals surface area contributed by atoms with Gasteiger partial charge in [0.25, 0.3) is 0 Å². The maximum absolute atomic E-state index is 5.93. The zero-order valence-corrected chi connectivity index (χ0v) is 8.46. The van der Waals surface area contributed by atoms with E-state index in [4.69, 9.17) is 10.5 Å². The fraction of sp³-hybridized carbons (Fsp3) is 1.00. The van der Waals surface area contributed by atoms with Crippen LogP contribution in [0.3, 0.4) is 0 Å². The molecule has 2 unspecified atom stereocenters. The Bertz CT molecular complexity index is 182. The molecule has 76 valence electrons. The highest BCUT2D eigenvalue weighted by Crippen LogP contribution is 2.35. The Morgan fingerprint density at radius 3 is 3.08 bits per heavy atom. The van der Waals surface area contributed by atoms with E-state index >= 15 is 0 Å². The lowest BCUT2D eigenvalue weighted by Crippen LogP contribution is -2.43. The molecule has 3 nitrogen and oxygen atoms in total. The highest BCUT2D eigenvalue weighted by atomic mass is 16.5. The predicted octanol–water partition coefficient (Wildman–Crippen LogP) is 0.446. The van der Waals surface area contributed by atoms with Crippen molar-refractivity contribution in [1.82, 2.24) is 4.90 Å². The van der Waals surface area contributed by atoms with Crippen LogP contribution in [-0.4, -0.2) is 43.8 Å². The van der Waals surface area contributed by atoms with Gasteiger partial charge in [0.1, 0.15) is 0 Å². The van der Waals surface area contributed by atoms with Gasteiger partial charge in [0.2, 0.25) is 0 Å². The Morgan fingerprint density at radius 1 is 1.62 bits per heavy atom. The number of likely N-dealkylation sites (N-methyl/N-ethyl adjacent to an activating group) is 1. The monoisotopic (exact) mass is 184 g/mol. The van der Waals surface area contributed by atoms with Crippen LogP contribution in [0.5, 0.6) is 0 Å². The SMILES string of the molecule is CN1CCC2(CC(CN)CCO2)C1. The van der Waals surface area contributed by atoms with Crippen molar-refractivity contribution < 1.29 is 4.74 Å². The average molecular weight is 184 g/mol. The Balaban J connectivity index is 1.98. The van der Waals surface area contributed by atoms with Gasteiger partial charge >= 0.3 is 0 Å². The van der Waals surface area contributed by atoms with E-state index in [9.17, 15) is 0 Å². The van der Waals surface area contributed by atoms with Gasteiger partial charge in [-0.3, -0.25) is 0 Å². The van der Waals surface area contributed by atoms with Crippen molar-refractivity contribution in [3.8, 4) is 0 Å². The van der Waals surface area contributed by atoms with Crippen LogP contribution in [0.15, 0.2) is 0 Å². The molecule has 0 aromatic rings. The third kappa shape index (κ3) is 1.87. The van der Waals surface area contributed by atoms with Crippen molar-refractivity contribution in [2.24, 2.45) is 11.7 Å².